The van der Waals surface area contributed by atoms with E-state index >= 15 is 0 Å². The Bertz CT molecular complexity index is 352. The van der Waals surface area contributed by atoms with Crippen LogP contribution in [0.1, 0.15) is 31.9 Å². The first-order valence-electron chi connectivity index (χ1n) is 7.19. The van der Waals surface area contributed by atoms with E-state index in [1.807, 2.05) is 0 Å². The van der Waals surface area contributed by atoms with E-state index in [2.05, 4.69) is 55.3 Å². The number of benzene rings is 1. The Kier molecular flexibility index (Phi) is 7.72. The molecule has 1 N–H and O–H groups in total. The van der Waals surface area contributed by atoms with Crippen molar-refractivity contribution in [2.24, 2.45) is 0 Å². The monoisotopic (exact) mass is 264 g/mol. The molecule has 1 aromatic rings. The average molecular weight is 264 g/mol. The lowest BCUT2D eigenvalue weighted by atomic mass is 10.1. The summed E-state index contributed by atoms with van der Waals surface area (Å²) in [7, 11) is 1.76. The van der Waals surface area contributed by atoms with Gasteiger partial charge in [0.2, 0.25) is 0 Å². The second kappa shape index (κ2) is 9.08. The molecule has 0 heterocycles. The molecule has 1 rings (SSSR count). The number of methoxy groups -OCH3 is 1. The first kappa shape index (κ1) is 16.2. The highest BCUT2D eigenvalue weighted by molar-refractivity contribution is 5.27. The molecule has 0 aliphatic rings. The average Bonchev–Trinajstić information content (AvgIpc) is 2.41. The number of nitrogens with zero attached hydrogens (tertiary/aromatic N) is 1. The largest absolute Gasteiger partial charge is 0.383 e. The number of rotatable bonds is 9. The van der Waals surface area contributed by atoms with E-state index in [0.29, 0.717) is 6.04 Å². The molecule has 3 nitrogen and oxygen atoms in total. The summed E-state index contributed by atoms with van der Waals surface area (Å²) in [6.45, 7) is 11.3. The maximum Gasteiger partial charge on any atom is 0.0589 e. The molecular weight excluding hydrogens is 236 g/mol. The zero-order chi connectivity index (χ0) is 14.1. The van der Waals surface area contributed by atoms with Crippen LogP contribution >= 0.6 is 0 Å². The van der Waals surface area contributed by atoms with Crippen molar-refractivity contribution in [2.75, 3.05) is 26.8 Å². The van der Waals surface area contributed by atoms with Gasteiger partial charge in [0.25, 0.3) is 0 Å². The highest BCUT2D eigenvalue weighted by atomic mass is 16.5. The summed E-state index contributed by atoms with van der Waals surface area (Å²) in [4.78, 5) is 2.45. The lowest BCUT2D eigenvalue weighted by molar-refractivity contribution is 0.124. The van der Waals surface area contributed by atoms with Gasteiger partial charge >= 0.3 is 0 Å². The minimum absolute atomic E-state index is 0.530. The second-order valence-electron chi connectivity index (χ2n) is 5.11. The maximum atomic E-state index is 5.20. The van der Waals surface area contributed by atoms with Crippen LogP contribution in [0, 0.1) is 0 Å². The van der Waals surface area contributed by atoms with E-state index in [0.717, 1.165) is 32.8 Å². The van der Waals surface area contributed by atoms with Crippen LogP contribution < -0.4 is 5.32 Å². The summed E-state index contributed by atoms with van der Waals surface area (Å²) >= 11 is 0. The molecule has 0 fully saturated rings. The van der Waals surface area contributed by atoms with Crippen LogP contribution in [0.5, 0.6) is 0 Å². The fraction of sp³-hybridized carbons (Fsp3) is 0.625. The van der Waals surface area contributed by atoms with Gasteiger partial charge in [-0.25, -0.2) is 0 Å². The predicted octanol–water partition coefficient (Wildman–Crippen LogP) is 2.65. The van der Waals surface area contributed by atoms with Crippen LogP contribution in [0.2, 0.25) is 0 Å². The zero-order valence-corrected chi connectivity index (χ0v) is 12.8. The smallest absolute Gasteiger partial charge is 0.0589 e. The van der Waals surface area contributed by atoms with Crippen LogP contribution in [0.25, 0.3) is 0 Å². The molecule has 0 aromatic heterocycles. The fourth-order valence-electron chi connectivity index (χ4n) is 2.09. The number of ether oxygens (including phenoxy) is 1. The minimum atomic E-state index is 0.530. The Morgan fingerprint density at radius 3 is 2.47 bits per heavy atom. The molecule has 0 aliphatic carbocycles. The molecule has 0 atom stereocenters. The lowest BCUT2D eigenvalue weighted by Gasteiger charge is -2.27. The fourth-order valence-corrected chi connectivity index (χ4v) is 2.09. The number of nitrogens with one attached hydrogen (secondary N) is 1. The Balaban J connectivity index is 2.71. The minimum Gasteiger partial charge on any atom is -0.383 e. The van der Waals surface area contributed by atoms with Gasteiger partial charge in [0.15, 0.2) is 0 Å². The summed E-state index contributed by atoms with van der Waals surface area (Å²) in [6.07, 6.45) is 0. The van der Waals surface area contributed by atoms with Crippen molar-refractivity contribution in [3.8, 4) is 0 Å². The summed E-state index contributed by atoms with van der Waals surface area (Å²) in [5, 5.41) is 3.41. The molecule has 0 saturated heterocycles. The van der Waals surface area contributed by atoms with E-state index in [4.69, 9.17) is 4.74 Å². The SMILES string of the molecule is CCNCc1ccccc1CN(CCOC)C(C)C. The standard InChI is InChI=1S/C16H28N2O/c1-5-17-12-15-8-6-7-9-16(15)13-18(14(2)3)10-11-19-4/h6-9,14,17H,5,10-13H2,1-4H3. The molecule has 0 spiro atoms. The summed E-state index contributed by atoms with van der Waals surface area (Å²) in [5.74, 6) is 0. The molecule has 3 heteroatoms. The molecule has 0 radical (unpaired) electrons. The van der Waals surface area contributed by atoms with Crippen molar-refractivity contribution in [3.63, 3.8) is 0 Å². The van der Waals surface area contributed by atoms with E-state index in [1.165, 1.54) is 11.1 Å². The van der Waals surface area contributed by atoms with Gasteiger partial charge in [0, 0.05) is 32.8 Å². The quantitative estimate of drug-likeness (QED) is 0.742. The molecule has 0 aliphatic heterocycles. The van der Waals surface area contributed by atoms with Gasteiger partial charge < -0.3 is 10.1 Å². The third-order valence-corrected chi connectivity index (χ3v) is 3.37. The van der Waals surface area contributed by atoms with Crippen molar-refractivity contribution in [1.29, 1.82) is 0 Å². The molecule has 1 aromatic carbocycles. The highest BCUT2D eigenvalue weighted by Crippen LogP contribution is 2.13. The molecule has 0 amide bonds. The van der Waals surface area contributed by atoms with Gasteiger partial charge in [-0.1, -0.05) is 31.2 Å². The van der Waals surface area contributed by atoms with Crippen LogP contribution in [-0.2, 0) is 17.8 Å². The van der Waals surface area contributed by atoms with Crippen molar-refractivity contribution in [2.45, 2.75) is 39.9 Å². The van der Waals surface area contributed by atoms with Crippen molar-refractivity contribution >= 4 is 0 Å². The summed E-state index contributed by atoms with van der Waals surface area (Å²) < 4.78 is 5.20. The normalized spacial score (nSPS) is 11.5. The van der Waals surface area contributed by atoms with Gasteiger partial charge in [-0.3, -0.25) is 4.90 Å². The van der Waals surface area contributed by atoms with Crippen LogP contribution in [0.3, 0.4) is 0 Å². The third kappa shape index (κ3) is 5.72. The Hall–Kier alpha value is -0.900. The van der Waals surface area contributed by atoms with Crippen molar-refractivity contribution in [1.82, 2.24) is 10.2 Å². The lowest BCUT2D eigenvalue weighted by Crippen LogP contribution is -2.33. The van der Waals surface area contributed by atoms with Crippen LogP contribution in [0.15, 0.2) is 24.3 Å². The molecule has 0 unspecified atom stereocenters. The van der Waals surface area contributed by atoms with Gasteiger partial charge in [-0.2, -0.15) is 0 Å². The molecule has 0 saturated carbocycles. The molecule has 19 heavy (non-hydrogen) atoms. The summed E-state index contributed by atoms with van der Waals surface area (Å²) in [5.41, 5.74) is 2.81. The Morgan fingerprint density at radius 2 is 1.89 bits per heavy atom. The van der Waals surface area contributed by atoms with Crippen molar-refractivity contribution < 1.29 is 4.74 Å². The van der Waals surface area contributed by atoms with Crippen LogP contribution in [-0.4, -0.2) is 37.7 Å². The molecule has 0 bridgehead atoms. The molecule has 108 valence electrons. The Morgan fingerprint density at radius 1 is 1.21 bits per heavy atom. The Labute approximate surface area is 118 Å². The van der Waals surface area contributed by atoms with Gasteiger partial charge in [-0.05, 0) is 31.5 Å². The highest BCUT2D eigenvalue weighted by Gasteiger charge is 2.11. The zero-order valence-electron chi connectivity index (χ0n) is 12.8. The van der Waals surface area contributed by atoms with Gasteiger partial charge in [0.1, 0.15) is 0 Å². The second-order valence-corrected chi connectivity index (χ2v) is 5.11. The van der Waals surface area contributed by atoms with Gasteiger partial charge in [-0.15, -0.1) is 0 Å². The van der Waals surface area contributed by atoms with E-state index in [9.17, 15) is 0 Å². The third-order valence-electron chi connectivity index (χ3n) is 3.37. The van der Waals surface area contributed by atoms with E-state index in [1.54, 1.807) is 7.11 Å². The van der Waals surface area contributed by atoms with Crippen LogP contribution in [0.4, 0.5) is 0 Å². The first-order chi connectivity index (χ1) is 9.19. The van der Waals surface area contributed by atoms with Gasteiger partial charge in [0.05, 0.1) is 6.61 Å². The topological polar surface area (TPSA) is 24.5 Å². The number of hydrogen-bond donors (Lipinski definition) is 1. The predicted molar refractivity (Wildman–Crippen MR) is 81.2 cm³/mol. The van der Waals surface area contributed by atoms with E-state index < -0.39 is 0 Å². The molecular formula is C16H28N2O. The first-order valence-corrected chi connectivity index (χ1v) is 7.19. The number of hydrogen-bond acceptors (Lipinski definition) is 3. The maximum absolute atomic E-state index is 5.20. The van der Waals surface area contributed by atoms with Crippen molar-refractivity contribution in [3.05, 3.63) is 35.4 Å². The summed E-state index contributed by atoms with van der Waals surface area (Å²) in [6, 6.07) is 9.22. The van der Waals surface area contributed by atoms with E-state index in [-0.39, 0.29) is 0 Å².